The molecule has 2 aliphatic rings. The number of fused-ring (bicyclic) bond motifs is 1. The summed E-state index contributed by atoms with van der Waals surface area (Å²) in [6, 6.07) is 0.772. The van der Waals surface area contributed by atoms with Crippen LogP contribution in [0.3, 0.4) is 0 Å². The lowest BCUT2D eigenvalue weighted by atomic mass is 10.1. The fourth-order valence-corrected chi connectivity index (χ4v) is 3.14. The highest BCUT2D eigenvalue weighted by molar-refractivity contribution is 5.22. The van der Waals surface area contributed by atoms with E-state index in [1.54, 1.807) is 0 Å². The minimum atomic E-state index is 0.772. The van der Waals surface area contributed by atoms with Crippen molar-refractivity contribution in [3.63, 3.8) is 0 Å². The maximum atomic E-state index is 4.71. The van der Waals surface area contributed by atoms with Gasteiger partial charge in [-0.05, 0) is 25.7 Å². The number of nitrogens with zero attached hydrogens (tertiary/aromatic N) is 2. The van der Waals surface area contributed by atoms with Crippen LogP contribution < -0.4 is 5.32 Å². The molecule has 0 saturated heterocycles. The van der Waals surface area contributed by atoms with Crippen LogP contribution in [-0.4, -0.2) is 16.1 Å². The minimum Gasteiger partial charge on any atom is -0.329 e. The summed E-state index contributed by atoms with van der Waals surface area (Å²) in [5.74, 6) is 2.16. The van der Waals surface area contributed by atoms with Crippen LogP contribution in [0.25, 0.3) is 0 Å². The molecule has 3 nitrogen and oxygen atoms in total. The lowest BCUT2D eigenvalue weighted by molar-refractivity contribution is 0.554. The molecule has 0 amide bonds. The summed E-state index contributed by atoms with van der Waals surface area (Å²) in [4.78, 5) is 4.71. The molecule has 0 spiro atoms. The maximum absolute atomic E-state index is 4.71. The van der Waals surface area contributed by atoms with E-state index in [9.17, 15) is 0 Å². The summed E-state index contributed by atoms with van der Waals surface area (Å²) in [5, 5.41) is 3.40. The molecule has 1 aliphatic carbocycles. The minimum absolute atomic E-state index is 0.772. The molecule has 3 heteroatoms. The van der Waals surface area contributed by atoms with Gasteiger partial charge in [0.25, 0.3) is 0 Å². The van der Waals surface area contributed by atoms with Crippen LogP contribution in [0.5, 0.6) is 0 Å². The Bertz CT molecular complexity index is 394. The zero-order valence-electron chi connectivity index (χ0n) is 10.3. The second-order valence-corrected chi connectivity index (χ2v) is 5.20. The number of hydrogen-bond donors (Lipinski definition) is 1. The van der Waals surface area contributed by atoms with Gasteiger partial charge in [0, 0.05) is 31.2 Å². The number of rotatable bonds is 3. The summed E-state index contributed by atoms with van der Waals surface area (Å²) in [7, 11) is 0. The quantitative estimate of drug-likeness (QED) is 0.844. The molecule has 1 saturated carbocycles. The van der Waals surface area contributed by atoms with E-state index < -0.39 is 0 Å². The lowest BCUT2D eigenvalue weighted by Crippen LogP contribution is -2.25. The molecule has 1 aromatic heterocycles. The zero-order valence-corrected chi connectivity index (χ0v) is 10.3. The monoisotopic (exact) mass is 219 g/mol. The molecule has 1 aromatic rings. The van der Waals surface area contributed by atoms with Gasteiger partial charge in [-0.1, -0.05) is 13.3 Å². The molecule has 2 atom stereocenters. The van der Waals surface area contributed by atoms with E-state index in [1.165, 1.54) is 36.5 Å². The Morgan fingerprint density at radius 1 is 1.50 bits per heavy atom. The lowest BCUT2D eigenvalue weighted by Gasteiger charge is -2.15. The van der Waals surface area contributed by atoms with E-state index in [2.05, 4.69) is 23.7 Å². The van der Waals surface area contributed by atoms with Gasteiger partial charge in [-0.2, -0.15) is 0 Å². The highest BCUT2D eigenvalue weighted by atomic mass is 15.2. The first kappa shape index (κ1) is 10.3. The van der Waals surface area contributed by atoms with Crippen molar-refractivity contribution in [1.29, 1.82) is 0 Å². The van der Waals surface area contributed by atoms with E-state index in [4.69, 9.17) is 4.98 Å². The fourth-order valence-electron chi connectivity index (χ4n) is 3.14. The topological polar surface area (TPSA) is 29.9 Å². The van der Waals surface area contributed by atoms with Crippen molar-refractivity contribution in [1.82, 2.24) is 14.9 Å². The van der Waals surface area contributed by atoms with E-state index >= 15 is 0 Å². The van der Waals surface area contributed by atoms with E-state index in [1.807, 2.05) is 0 Å². The van der Waals surface area contributed by atoms with Crippen molar-refractivity contribution in [2.45, 2.75) is 52.1 Å². The fraction of sp³-hybridized carbons (Fsp3) is 0.769. The van der Waals surface area contributed by atoms with Crippen molar-refractivity contribution in [2.24, 2.45) is 5.92 Å². The number of nitrogens with one attached hydrogen (secondary N) is 1. The third kappa shape index (κ3) is 1.58. The Labute approximate surface area is 97.3 Å². The average molecular weight is 219 g/mol. The van der Waals surface area contributed by atoms with E-state index in [0.717, 1.165) is 31.5 Å². The number of hydrogen-bond acceptors (Lipinski definition) is 2. The first-order chi connectivity index (χ1) is 7.81. The molecule has 0 bridgehead atoms. The van der Waals surface area contributed by atoms with Crippen molar-refractivity contribution >= 4 is 0 Å². The molecule has 2 unspecified atom stereocenters. The Morgan fingerprint density at radius 3 is 3.19 bits per heavy atom. The summed E-state index contributed by atoms with van der Waals surface area (Å²) in [5.41, 5.74) is 2.81. The highest BCUT2D eigenvalue weighted by Crippen LogP contribution is 2.48. The zero-order chi connectivity index (χ0) is 11.1. The molecule has 1 aliphatic heterocycles. The van der Waals surface area contributed by atoms with E-state index in [0.29, 0.717) is 0 Å². The van der Waals surface area contributed by atoms with Gasteiger partial charge in [0.15, 0.2) is 0 Å². The van der Waals surface area contributed by atoms with Gasteiger partial charge in [-0.15, -0.1) is 0 Å². The van der Waals surface area contributed by atoms with Gasteiger partial charge in [-0.3, -0.25) is 0 Å². The third-order valence-corrected chi connectivity index (χ3v) is 3.98. The molecular weight excluding hydrogens is 198 g/mol. The number of aryl methyl sites for hydroxylation is 1. The SMILES string of the molecule is CCCC1CC1n1c(C)nc2c1CCNC2. The predicted octanol–water partition coefficient (Wildman–Crippen LogP) is 2.20. The molecule has 0 aromatic carbocycles. The summed E-state index contributed by atoms with van der Waals surface area (Å²) in [6.07, 6.45) is 5.24. The van der Waals surface area contributed by atoms with Gasteiger partial charge in [0.1, 0.15) is 5.82 Å². The molecule has 2 heterocycles. The second kappa shape index (κ2) is 3.88. The highest BCUT2D eigenvalue weighted by Gasteiger charge is 2.40. The standard InChI is InChI=1S/C13H21N3/c1-3-4-10-7-13(10)16-9(2)15-11-8-14-6-5-12(11)16/h10,13-14H,3-8H2,1-2H3. The first-order valence-electron chi connectivity index (χ1n) is 6.58. The van der Waals surface area contributed by atoms with Gasteiger partial charge in [0.05, 0.1) is 5.69 Å². The van der Waals surface area contributed by atoms with E-state index in [-0.39, 0.29) is 0 Å². The molecule has 16 heavy (non-hydrogen) atoms. The first-order valence-corrected chi connectivity index (χ1v) is 6.58. The molecule has 88 valence electrons. The van der Waals surface area contributed by atoms with Crippen LogP contribution in [-0.2, 0) is 13.0 Å². The average Bonchev–Trinajstić information content (AvgIpc) is 2.92. The molecule has 1 N–H and O–H groups in total. The van der Waals surface area contributed by atoms with Crippen LogP contribution in [0.2, 0.25) is 0 Å². The summed E-state index contributed by atoms with van der Waals surface area (Å²) in [6.45, 7) is 6.53. The van der Waals surface area contributed by atoms with Crippen molar-refractivity contribution < 1.29 is 0 Å². The molecule has 1 fully saturated rings. The Morgan fingerprint density at radius 2 is 2.38 bits per heavy atom. The molecule has 3 rings (SSSR count). The second-order valence-electron chi connectivity index (χ2n) is 5.20. The Kier molecular flexibility index (Phi) is 2.51. The predicted molar refractivity (Wildman–Crippen MR) is 64.4 cm³/mol. The Balaban J connectivity index is 1.87. The van der Waals surface area contributed by atoms with Crippen LogP contribution in [0.15, 0.2) is 0 Å². The smallest absolute Gasteiger partial charge is 0.106 e. The van der Waals surface area contributed by atoms with Crippen molar-refractivity contribution in [3.05, 3.63) is 17.2 Å². The van der Waals surface area contributed by atoms with Crippen molar-refractivity contribution in [3.8, 4) is 0 Å². The summed E-state index contributed by atoms with van der Waals surface area (Å²) < 4.78 is 2.54. The number of imidazole rings is 1. The maximum Gasteiger partial charge on any atom is 0.106 e. The largest absolute Gasteiger partial charge is 0.329 e. The summed E-state index contributed by atoms with van der Waals surface area (Å²) >= 11 is 0. The molecule has 0 radical (unpaired) electrons. The number of aromatic nitrogens is 2. The van der Waals surface area contributed by atoms with Gasteiger partial charge < -0.3 is 9.88 Å². The van der Waals surface area contributed by atoms with Gasteiger partial charge in [0.2, 0.25) is 0 Å². The van der Waals surface area contributed by atoms with Crippen LogP contribution in [0, 0.1) is 12.8 Å². The Hall–Kier alpha value is -0.830. The van der Waals surface area contributed by atoms with Gasteiger partial charge in [-0.25, -0.2) is 4.98 Å². The molecular formula is C13H21N3. The van der Waals surface area contributed by atoms with Gasteiger partial charge >= 0.3 is 0 Å². The van der Waals surface area contributed by atoms with Crippen LogP contribution >= 0.6 is 0 Å². The normalized spacial score (nSPS) is 27.9. The van der Waals surface area contributed by atoms with Crippen molar-refractivity contribution in [2.75, 3.05) is 6.54 Å². The van der Waals surface area contributed by atoms with Crippen LogP contribution in [0.4, 0.5) is 0 Å². The van der Waals surface area contributed by atoms with Crippen LogP contribution in [0.1, 0.15) is 49.4 Å². The third-order valence-electron chi connectivity index (χ3n) is 3.98.